The summed E-state index contributed by atoms with van der Waals surface area (Å²) in [6.07, 6.45) is 0. The lowest BCUT2D eigenvalue weighted by Crippen LogP contribution is -2.00. The molecular formula is C15H14BrNO3. The third-order valence-electron chi connectivity index (χ3n) is 3.09. The Morgan fingerprint density at radius 2 is 2.00 bits per heavy atom. The molecule has 2 aromatic carbocycles. The van der Waals surface area contributed by atoms with Crippen molar-refractivity contribution in [1.29, 1.82) is 0 Å². The molecule has 0 saturated heterocycles. The highest BCUT2D eigenvalue weighted by Crippen LogP contribution is 2.37. The summed E-state index contributed by atoms with van der Waals surface area (Å²) in [7, 11) is 1.66. The number of nitrogens with one attached hydrogen (secondary N) is 1. The van der Waals surface area contributed by atoms with Gasteiger partial charge in [0, 0.05) is 22.8 Å². The second-order valence-electron chi connectivity index (χ2n) is 4.38. The van der Waals surface area contributed by atoms with Crippen LogP contribution in [0, 0.1) is 0 Å². The molecule has 2 aromatic rings. The molecule has 0 aliphatic carbocycles. The van der Waals surface area contributed by atoms with Crippen LogP contribution in [0.1, 0.15) is 5.56 Å². The zero-order valence-electron chi connectivity index (χ0n) is 11.0. The zero-order valence-corrected chi connectivity index (χ0v) is 12.6. The van der Waals surface area contributed by atoms with Gasteiger partial charge in [0.15, 0.2) is 11.5 Å². The number of benzene rings is 2. The van der Waals surface area contributed by atoms with E-state index in [0.717, 1.165) is 33.0 Å². The van der Waals surface area contributed by atoms with Crippen LogP contribution in [0.25, 0.3) is 0 Å². The second-order valence-corrected chi connectivity index (χ2v) is 5.24. The Kier molecular flexibility index (Phi) is 3.69. The highest BCUT2D eigenvalue weighted by molar-refractivity contribution is 9.10. The first-order valence-corrected chi connectivity index (χ1v) is 7.01. The minimum atomic E-state index is 0.286. The van der Waals surface area contributed by atoms with Crippen molar-refractivity contribution in [2.75, 3.05) is 19.2 Å². The van der Waals surface area contributed by atoms with Crippen LogP contribution >= 0.6 is 15.9 Å². The number of fused-ring (bicyclic) bond motifs is 1. The molecule has 1 heterocycles. The summed E-state index contributed by atoms with van der Waals surface area (Å²) in [5.74, 6) is 2.40. The Balaban J connectivity index is 1.75. The van der Waals surface area contributed by atoms with Gasteiger partial charge in [-0.05, 0) is 29.8 Å². The fourth-order valence-electron chi connectivity index (χ4n) is 2.03. The van der Waals surface area contributed by atoms with Gasteiger partial charge in [0.05, 0.1) is 7.11 Å². The summed E-state index contributed by atoms with van der Waals surface area (Å²) in [6.45, 7) is 0.971. The van der Waals surface area contributed by atoms with Gasteiger partial charge in [-0.3, -0.25) is 0 Å². The number of methoxy groups -OCH3 is 1. The van der Waals surface area contributed by atoms with Crippen molar-refractivity contribution < 1.29 is 14.2 Å². The van der Waals surface area contributed by atoms with Crippen molar-refractivity contribution in [2.24, 2.45) is 0 Å². The van der Waals surface area contributed by atoms with E-state index in [1.807, 2.05) is 36.4 Å². The normalized spacial score (nSPS) is 12.3. The summed E-state index contributed by atoms with van der Waals surface area (Å²) in [5.41, 5.74) is 2.12. The van der Waals surface area contributed by atoms with Gasteiger partial charge in [-0.25, -0.2) is 0 Å². The molecule has 1 aliphatic rings. The van der Waals surface area contributed by atoms with Crippen LogP contribution in [0.3, 0.4) is 0 Å². The van der Waals surface area contributed by atoms with E-state index in [2.05, 4.69) is 21.2 Å². The minimum absolute atomic E-state index is 0.286. The third kappa shape index (κ3) is 2.67. The van der Waals surface area contributed by atoms with Gasteiger partial charge in [0.25, 0.3) is 0 Å². The SMILES string of the molecule is COc1cccc(NCc2cc3c(cc2Br)OCO3)c1. The van der Waals surface area contributed by atoms with E-state index in [0.29, 0.717) is 6.54 Å². The van der Waals surface area contributed by atoms with Gasteiger partial charge >= 0.3 is 0 Å². The van der Waals surface area contributed by atoms with Gasteiger partial charge in [-0.1, -0.05) is 22.0 Å². The van der Waals surface area contributed by atoms with Crippen LogP contribution in [0.4, 0.5) is 5.69 Å². The summed E-state index contributed by atoms with van der Waals surface area (Å²) in [4.78, 5) is 0. The standard InChI is InChI=1S/C15H14BrNO3/c1-18-12-4-2-3-11(6-12)17-8-10-5-14-15(7-13(10)16)20-9-19-14/h2-7,17H,8-9H2,1H3. The van der Waals surface area contributed by atoms with Crippen LogP contribution in [-0.2, 0) is 6.54 Å². The second kappa shape index (κ2) is 5.63. The highest BCUT2D eigenvalue weighted by Gasteiger charge is 2.16. The lowest BCUT2D eigenvalue weighted by atomic mass is 10.2. The third-order valence-corrected chi connectivity index (χ3v) is 3.83. The Bertz CT molecular complexity index is 631. The molecule has 1 N–H and O–H groups in total. The van der Waals surface area contributed by atoms with E-state index in [-0.39, 0.29) is 6.79 Å². The maximum Gasteiger partial charge on any atom is 0.231 e. The molecule has 0 radical (unpaired) electrons. The first-order valence-electron chi connectivity index (χ1n) is 6.22. The number of hydrogen-bond donors (Lipinski definition) is 1. The molecule has 0 saturated carbocycles. The molecule has 20 heavy (non-hydrogen) atoms. The summed E-state index contributed by atoms with van der Waals surface area (Å²) < 4.78 is 16.9. The van der Waals surface area contributed by atoms with E-state index < -0.39 is 0 Å². The Hall–Kier alpha value is -1.88. The predicted octanol–water partition coefficient (Wildman–Crippen LogP) is 3.80. The number of hydrogen-bond acceptors (Lipinski definition) is 4. The molecule has 3 rings (SSSR count). The number of ether oxygens (including phenoxy) is 3. The van der Waals surface area contributed by atoms with Crippen molar-refractivity contribution in [3.05, 3.63) is 46.4 Å². The molecule has 104 valence electrons. The smallest absolute Gasteiger partial charge is 0.231 e. The number of rotatable bonds is 4. The van der Waals surface area contributed by atoms with Crippen molar-refractivity contribution in [3.8, 4) is 17.2 Å². The van der Waals surface area contributed by atoms with Gasteiger partial charge in [-0.15, -0.1) is 0 Å². The van der Waals surface area contributed by atoms with Crippen LogP contribution < -0.4 is 19.5 Å². The van der Waals surface area contributed by atoms with Crippen LogP contribution in [0.5, 0.6) is 17.2 Å². The summed E-state index contributed by atoms with van der Waals surface area (Å²) in [6, 6.07) is 11.8. The Morgan fingerprint density at radius 3 is 2.80 bits per heavy atom. The average molecular weight is 336 g/mol. The Labute approximate surface area is 125 Å². The van der Waals surface area contributed by atoms with Crippen LogP contribution in [-0.4, -0.2) is 13.9 Å². The molecule has 0 unspecified atom stereocenters. The van der Waals surface area contributed by atoms with Crippen molar-refractivity contribution in [2.45, 2.75) is 6.54 Å². The molecule has 0 bridgehead atoms. The fraction of sp³-hybridized carbons (Fsp3) is 0.200. The maximum atomic E-state index is 5.39. The van der Waals surface area contributed by atoms with E-state index in [1.54, 1.807) is 7.11 Å². The van der Waals surface area contributed by atoms with Gasteiger partial charge in [0.2, 0.25) is 6.79 Å². The molecule has 0 spiro atoms. The molecule has 0 atom stereocenters. The van der Waals surface area contributed by atoms with E-state index >= 15 is 0 Å². The zero-order chi connectivity index (χ0) is 13.9. The molecule has 4 nitrogen and oxygen atoms in total. The van der Waals surface area contributed by atoms with Gasteiger partial charge in [-0.2, -0.15) is 0 Å². The fourth-order valence-corrected chi connectivity index (χ4v) is 2.49. The lowest BCUT2D eigenvalue weighted by molar-refractivity contribution is 0.174. The van der Waals surface area contributed by atoms with E-state index in [4.69, 9.17) is 14.2 Å². The highest BCUT2D eigenvalue weighted by atomic mass is 79.9. The summed E-state index contributed by atoms with van der Waals surface area (Å²) >= 11 is 3.55. The van der Waals surface area contributed by atoms with Gasteiger partial charge in [0.1, 0.15) is 5.75 Å². The average Bonchev–Trinajstić information content (AvgIpc) is 2.92. The van der Waals surface area contributed by atoms with Crippen LogP contribution in [0.15, 0.2) is 40.9 Å². The van der Waals surface area contributed by atoms with Crippen molar-refractivity contribution in [1.82, 2.24) is 0 Å². The Morgan fingerprint density at radius 1 is 1.20 bits per heavy atom. The topological polar surface area (TPSA) is 39.7 Å². The van der Waals surface area contributed by atoms with E-state index in [1.165, 1.54) is 0 Å². The minimum Gasteiger partial charge on any atom is -0.497 e. The van der Waals surface area contributed by atoms with Gasteiger partial charge < -0.3 is 19.5 Å². The molecule has 0 amide bonds. The quantitative estimate of drug-likeness (QED) is 0.922. The number of anilines is 1. The molecule has 1 aliphatic heterocycles. The monoisotopic (exact) mass is 335 g/mol. The molecule has 5 heteroatoms. The molecule has 0 fully saturated rings. The van der Waals surface area contributed by atoms with E-state index in [9.17, 15) is 0 Å². The summed E-state index contributed by atoms with van der Waals surface area (Å²) in [5, 5.41) is 3.36. The first kappa shape index (κ1) is 13.1. The lowest BCUT2D eigenvalue weighted by Gasteiger charge is -2.10. The molecule has 0 aromatic heterocycles. The largest absolute Gasteiger partial charge is 0.497 e. The van der Waals surface area contributed by atoms with Crippen LogP contribution in [0.2, 0.25) is 0 Å². The van der Waals surface area contributed by atoms with Crippen molar-refractivity contribution >= 4 is 21.6 Å². The maximum absolute atomic E-state index is 5.39. The molecular weight excluding hydrogens is 322 g/mol. The number of halogens is 1. The predicted molar refractivity (Wildman–Crippen MR) is 80.6 cm³/mol. The van der Waals surface area contributed by atoms with Crippen molar-refractivity contribution in [3.63, 3.8) is 0 Å². The first-order chi connectivity index (χ1) is 9.76.